The average Bonchev–Trinajstić information content (AvgIpc) is 2.35. The minimum atomic E-state index is -0.169. The molecule has 0 saturated heterocycles. The molecule has 1 aromatic rings. The Morgan fingerprint density at radius 1 is 1.29 bits per heavy atom. The van der Waals surface area contributed by atoms with Crippen LogP contribution in [0.3, 0.4) is 0 Å². The highest BCUT2D eigenvalue weighted by Gasteiger charge is 2.07. The average molecular weight is 255 g/mol. The van der Waals surface area contributed by atoms with Crippen molar-refractivity contribution in [3.8, 4) is 0 Å². The maximum Gasteiger partial charge on any atom is 0.123 e. The summed E-state index contributed by atoms with van der Waals surface area (Å²) in [6.07, 6.45) is 3.36. The molecule has 0 fully saturated rings. The normalized spacial score (nSPS) is 12.6. The summed E-state index contributed by atoms with van der Waals surface area (Å²) in [5.74, 6) is 2.76. The molecule has 0 spiro atoms. The zero-order valence-electron chi connectivity index (χ0n) is 10.5. The lowest BCUT2D eigenvalue weighted by molar-refractivity contribution is 0.489. The molecule has 0 heterocycles. The number of halogens is 1. The molecule has 17 heavy (non-hydrogen) atoms. The molecule has 1 unspecified atom stereocenters. The number of nitrogens with two attached hydrogens (primary N) is 1. The molecule has 0 saturated carbocycles. The van der Waals surface area contributed by atoms with E-state index in [4.69, 9.17) is 5.73 Å². The molecule has 1 nitrogen and oxygen atoms in total. The van der Waals surface area contributed by atoms with Crippen molar-refractivity contribution in [2.75, 3.05) is 18.1 Å². The van der Waals surface area contributed by atoms with E-state index in [2.05, 4.69) is 6.92 Å². The summed E-state index contributed by atoms with van der Waals surface area (Å²) in [4.78, 5) is 0. The lowest BCUT2D eigenvalue weighted by Crippen LogP contribution is -2.17. The largest absolute Gasteiger partial charge is 0.330 e. The second-order valence-corrected chi connectivity index (χ2v) is 5.67. The molecule has 3 heteroatoms. The Kier molecular flexibility index (Phi) is 7.29. The minimum absolute atomic E-state index is 0.169. The predicted octanol–water partition coefficient (Wildman–Crippen LogP) is 3.48. The molecule has 0 aliphatic carbocycles. The zero-order chi connectivity index (χ0) is 12.5. The maximum atomic E-state index is 12.8. The minimum Gasteiger partial charge on any atom is -0.330 e. The molecule has 1 rings (SSSR count). The summed E-state index contributed by atoms with van der Waals surface area (Å²) < 4.78 is 12.8. The molecule has 0 amide bonds. The fourth-order valence-electron chi connectivity index (χ4n) is 1.88. The van der Waals surface area contributed by atoms with E-state index in [1.807, 2.05) is 23.9 Å². The van der Waals surface area contributed by atoms with E-state index in [0.29, 0.717) is 12.5 Å². The van der Waals surface area contributed by atoms with Crippen LogP contribution in [-0.2, 0) is 6.42 Å². The van der Waals surface area contributed by atoms with Gasteiger partial charge in [-0.25, -0.2) is 4.39 Å². The third-order valence-corrected chi connectivity index (χ3v) is 3.86. The van der Waals surface area contributed by atoms with E-state index in [1.54, 1.807) is 0 Å². The van der Waals surface area contributed by atoms with Crippen LogP contribution in [0.15, 0.2) is 24.3 Å². The summed E-state index contributed by atoms with van der Waals surface area (Å²) in [6.45, 7) is 2.90. The van der Waals surface area contributed by atoms with Crippen LogP contribution in [0, 0.1) is 11.7 Å². The van der Waals surface area contributed by atoms with Crippen LogP contribution in [0.5, 0.6) is 0 Å². The maximum absolute atomic E-state index is 12.8. The Hall–Kier alpha value is -0.540. The Balaban J connectivity index is 2.33. The summed E-state index contributed by atoms with van der Waals surface area (Å²) >= 11 is 1.98. The Morgan fingerprint density at radius 2 is 2.00 bits per heavy atom. The van der Waals surface area contributed by atoms with Gasteiger partial charge in [0.2, 0.25) is 0 Å². The van der Waals surface area contributed by atoms with Gasteiger partial charge in [-0.1, -0.05) is 19.1 Å². The standard InChI is InChI=1S/C14H22FNS/c1-2-17-9-3-4-13(11-16)10-12-5-7-14(15)8-6-12/h5-8,13H,2-4,9-11,16H2,1H3. The molecular weight excluding hydrogens is 233 g/mol. The van der Waals surface area contributed by atoms with E-state index < -0.39 is 0 Å². The third kappa shape index (κ3) is 6.08. The molecule has 96 valence electrons. The monoisotopic (exact) mass is 255 g/mol. The van der Waals surface area contributed by atoms with Gasteiger partial charge in [-0.05, 0) is 60.9 Å². The highest BCUT2D eigenvalue weighted by atomic mass is 32.2. The van der Waals surface area contributed by atoms with Gasteiger partial charge in [-0.2, -0.15) is 11.8 Å². The van der Waals surface area contributed by atoms with Crippen LogP contribution in [0.1, 0.15) is 25.3 Å². The van der Waals surface area contributed by atoms with Crippen molar-refractivity contribution in [2.24, 2.45) is 11.7 Å². The van der Waals surface area contributed by atoms with E-state index >= 15 is 0 Å². The van der Waals surface area contributed by atoms with Crippen LogP contribution < -0.4 is 5.73 Å². The molecule has 1 atom stereocenters. The fraction of sp³-hybridized carbons (Fsp3) is 0.571. The Morgan fingerprint density at radius 3 is 2.59 bits per heavy atom. The second-order valence-electron chi connectivity index (χ2n) is 4.27. The van der Waals surface area contributed by atoms with E-state index in [-0.39, 0.29) is 5.82 Å². The first kappa shape index (κ1) is 14.5. The van der Waals surface area contributed by atoms with Gasteiger partial charge >= 0.3 is 0 Å². The first-order valence-corrected chi connectivity index (χ1v) is 7.44. The van der Waals surface area contributed by atoms with Crippen molar-refractivity contribution in [3.63, 3.8) is 0 Å². The van der Waals surface area contributed by atoms with Crippen LogP contribution in [0.4, 0.5) is 4.39 Å². The van der Waals surface area contributed by atoms with Crippen molar-refractivity contribution in [1.29, 1.82) is 0 Å². The van der Waals surface area contributed by atoms with Gasteiger partial charge in [0.15, 0.2) is 0 Å². The lowest BCUT2D eigenvalue weighted by Gasteiger charge is -2.14. The van der Waals surface area contributed by atoms with Crippen LogP contribution in [-0.4, -0.2) is 18.1 Å². The highest BCUT2D eigenvalue weighted by Crippen LogP contribution is 2.15. The van der Waals surface area contributed by atoms with Gasteiger partial charge in [-0.15, -0.1) is 0 Å². The van der Waals surface area contributed by atoms with Gasteiger partial charge in [0.25, 0.3) is 0 Å². The fourth-order valence-corrected chi connectivity index (χ4v) is 2.53. The van der Waals surface area contributed by atoms with Crippen molar-refractivity contribution in [2.45, 2.75) is 26.2 Å². The summed E-state index contributed by atoms with van der Waals surface area (Å²) in [5, 5.41) is 0. The summed E-state index contributed by atoms with van der Waals surface area (Å²) in [5.41, 5.74) is 6.97. The van der Waals surface area contributed by atoms with Gasteiger partial charge < -0.3 is 5.73 Å². The highest BCUT2D eigenvalue weighted by molar-refractivity contribution is 7.99. The van der Waals surface area contributed by atoms with E-state index in [1.165, 1.54) is 42.0 Å². The molecule has 2 N–H and O–H groups in total. The predicted molar refractivity (Wildman–Crippen MR) is 74.9 cm³/mol. The zero-order valence-corrected chi connectivity index (χ0v) is 11.3. The van der Waals surface area contributed by atoms with Crippen LogP contribution >= 0.6 is 11.8 Å². The van der Waals surface area contributed by atoms with Crippen LogP contribution in [0.2, 0.25) is 0 Å². The molecule has 1 aromatic carbocycles. The van der Waals surface area contributed by atoms with Gasteiger partial charge in [0.1, 0.15) is 5.82 Å². The number of rotatable bonds is 8. The quantitative estimate of drug-likeness (QED) is 0.720. The molecule has 0 bridgehead atoms. The molecule has 0 aliphatic heterocycles. The van der Waals surface area contributed by atoms with E-state index in [0.717, 1.165) is 6.42 Å². The van der Waals surface area contributed by atoms with Crippen molar-refractivity contribution in [1.82, 2.24) is 0 Å². The molecule has 0 aromatic heterocycles. The molecular formula is C14H22FNS. The van der Waals surface area contributed by atoms with Gasteiger partial charge in [0.05, 0.1) is 0 Å². The van der Waals surface area contributed by atoms with E-state index in [9.17, 15) is 4.39 Å². The van der Waals surface area contributed by atoms with Gasteiger partial charge in [0, 0.05) is 0 Å². The number of hydrogen-bond donors (Lipinski definition) is 1. The van der Waals surface area contributed by atoms with Crippen molar-refractivity contribution < 1.29 is 4.39 Å². The SMILES string of the molecule is CCSCCCC(CN)Cc1ccc(F)cc1. The molecule has 0 aliphatic rings. The van der Waals surface area contributed by atoms with Crippen LogP contribution in [0.25, 0.3) is 0 Å². The second kappa shape index (κ2) is 8.54. The van der Waals surface area contributed by atoms with Gasteiger partial charge in [-0.3, -0.25) is 0 Å². The number of hydrogen-bond acceptors (Lipinski definition) is 2. The topological polar surface area (TPSA) is 26.0 Å². The smallest absolute Gasteiger partial charge is 0.123 e. The molecule has 0 radical (unpaired) electrons. The summed E-state index contributed by atoms with van der Waals surface area (Å²) in [7, 11) is 0. The van der Waals surface area contributed by atoms with Crippen molar-refractivity contribution >= 4 is 11.8 Å². The van der Waals surface area contributed by atoms with Crippen molar-refractivity contribution in [3.05, 3.63) is 35.6 Å². The Bertz CT molecular complexity index is 300. The first-order chi connectivity index (χ1) is 8.26. The number of thioether (sulfide) groups is 1. The first-order valence-electron chi connectivity index (χ1n) is 6.28. The third-order valence-electron chi connectivity index (χ3n) is 2.88. The number of benzene rings is 1. The Labute approximate surface area is 108 Å². The summed E-state index contributed by atoms with van der Waals surface area (Å²) in [6, 6.07) is 6.77. The lowest BCUT2D eigenvalue weighted by atomic mass is 9.95.